The third kappa shape index (κ3) is 2.62. The van der Waals surface area contributed by atoms with E-state index in [1.54, 1.807) is 31.6 Å². The van der Waals surface area contributed by atoms with Crippen molar-refractivity contribution in [3.63, 3.8) is 0 Å². The molecule has 24 heavy (non-hydrogen) atoms. The van der Waals surface area contributed by atoms with Crippen LogP contribution in [0.5, 0.6) is 5.75 Å². The van der Waals surface area contributed by atoms with Crippen LogP contribution >= 0.6 is 0 Å². The van der Waals surface area contributed by atoms with E-state index in [2.05, 4.69) is 27.4 Å². The van der Waals surface area contributed by atoms with Crippen LogP contribution in [0.4, 0.5) is 0 Å². The average molecular weight is 321 g/mol. The lowest BCUT2D eigenvalue weighted by Crippen LogP contribution is -2.38. The lowest BCUT2D eigenvalue weighted by molar-refractivity contribution is 0.0933. The van der Waals surface area contributed by atoms with Crippen molar-refractivity contribution >= 4 is 16.8 Å². The topological polar surface area (TPSA) is 67.0 Å². The Morgan fingerprint density at radius 3 is 3.08 bits per heavy atom. The molecule has 0 saturated heterocycles. The van der Waals surface area contributed by atoms with E-state index in [0.29, 0.717) is 5.56 Å². The number of methoxy groups -OCH3 is 1. The summed E-state index contributed by atoms with van der Waals surface area (Å²) in [6.07, 6.45) is 5.96. The van der Waals surface area contributed by atoms with Gasteiger partial charge < -0.3 is 15.0 Å². The van der Waals surface area contributed by atoms with E-state index >= 15 is 0 Å². The van der Waals surface area contributed by atoms with E-state index in [1.807, 2.05) is 6.07 Å². The number of carbonyl (C=O) groups is 1. The highest BCUT2D eigenvalue weighted by Crippen LogP contribution is 2.31. The minimum Gasteiger partial charge on any atom is -0.497 e. The molecular formula is C19H19N3O2. The van der Waals surface area contributed by atoms with E-state index in [-0.39, 0.29) is 11.9 Å². The fraction of sp³-hybridized carbons (Fsp3) is 0.263. The molecule has 2 N–H and O–H groups in total. The fourth-order valence-corrected chi connectivity index (χ4v) is 3.41. The first kappa shape index (κ1) is 14.8. The summed E-state index contributed by atoms with van der Waals surface area (Å²) in [5.74, 6) is 0.791. The number of carbonyl (C=O) groups excluding carboxylic acids is 1. The van der Waals surface area contributed by atoms with Crippen molar-refractivity contribution in [1.82, 2.24) is 15.3 Å². The molecule has 1 amide bonds. The first-order valence-corrected chi connectivity index (χ1v) is 8.13. The molecule has 5 nitrogen and oxygen atoms in total. The molecule has 0 saturated carbocycles. The number of pyridine rings is 1. The molecule has 1 aromatic carbocycles. The van der Waals surface area contributed by atoms with Gasteiger partial charge in [0.1, 0.15) is 5.75 Å². The summed E-state index contributed by atoms with van der Waals surface area (Å²) in [4.78, 5) is 19.8. The van der Waals surface area contributed by atoms with Crippen LogP contribution in [0.25, 0.3) is 10.9 Å². The molecule has 2 heterocycles. The van der Waals surface area contributed by atoms with E-state index < -0.39 is 0 Å². The molecule has 1 aliphatic carbocycles. The van der Waals surface area contributed by atoms with Crippen molar-refractivity contribution in [1.29, 1.82) is 0 Å². The Balaban J connectivity index is 1.58. The molecule has 0 bridgehead atoms. The molecule has 2 aromatic heterocycles. The predicted molar refractivity (Wildman–Crippen MR) is 92.4 cm³/mol. The Bertz CT molecular complexity index is 886. The van der Waals surface area contributed by atoms with Crippen LogP contribution in [0.3, 0.4) is 0 Å². The first-order valence-electron chi connectivity index (χ1n) is 8.13. The van der Waals surface area contributed by atoms with Crippen molar-refractivity contribution in [3.8, 4) is 5.75 Å². The van der Waals surface area contributed by atoms with Gasteiger partial charge in [-0.25, -0.2) is 0 Å². The second-order valence-corrected chi connectivity index (χ2v) is 6.15. The number of fused-ring (bicyclic) bond motifs is 3. The second-order valence-electron chi connectivity index (χ2n) is 6.15. The predicted octanol–water partition coefficient (Wildman–Crippen LogP) is 2.86. The number of nitrogens with one attached hydrogen (secondary N) is 2. The van der Waals surface area contributed by atoms with Gasteiger partial charge in [0.25, 0.3) is 5.91 Å². The smallest absolute Gasteiger partial charge is 0.253 e. The van der Waals surface area contributed by atoms with Crippen LogP contribution in [0.1, 0.15) is 28.0 Å². The van der Waals surface area contributed by atoms with Crippen LogP contribution in [0.2, 0.25) is 0 Å². The quantitative estimate of drug-likeness (QED) is 0.779. The van der Waals surface area contributed by atoms with Gasteiger partial charge in [-0.1, -0.05) is 0 Å². The summed E-state index contributed by atoms with van der Waals surface area (Å²) in [5, 5.41) is 4.32. The zero-order chi connectivity index (χ0) is 16.5. The number of aryl methyl sites for hydroxylation is 1. The molecular weight excluding hydrogens is 302 g/mol. The van der Waals surface area contributed by atoms with Gasteiger partial charge in [-0.15, -0.1) is 0 Å². The maximum Gasteiger partial charge on any atom is 0.253 e. The van der Waals surface area contributed by atoms with Crippen molar-refractivity contribution in [3.05, 3.63) is 59.5 Å². The van der Waals surface area contributed by atoms with Crippen LogP contribution < -0.4 is 10.1 Å². The van der Waals surface area contributed by atoms with Crippen LogP contribution in [-0.4, -0.2) is 29.0 Å². The van der Waals surface area contributed by atoms with Gasteiger partial charge in [0.2, 0.25) is 0 Å². The maximum absolute atomic E-state index is 12.3. The van der Waals surface area contributed by atoms with E-state index in [4.69, 9.17) is 4.74 Å². The van der Waals surface area contributed by atoms with Gasteiger partial charge >= 0.3 is 0 Å². The number of hydrogen-bond acceptors (Lipinski definition) is 3. The largest absolute Gasteiger partial charge is 0.497 e. The average Bonchev–Trinajstić information content (AvgIpc) is 2.99. The standard InChI is InChI=1S/C19H19N3O2/c1-24-14-5-7-18-16(10-14)15-9-13(4-6-17(15)22-18)21-19(23)12-3-2-8-20-11-12/h2-3,5,7-8,10-11,13,22H,4,6,9H2,1H3,(H,21,23). The zero-order valence-electron chi connectivity index (χ0n) is 13.5. The number of benzene rings is 1. The van der Waals surface area contributed by atoms with Crippen LogP contribution in [0.15, 0.2) is 42.7 Å². The minimum atomic E-state index is -0.0611. The number of aromatic amines is 1. The number of rotatable bonds is 3. The number of H-pyrrole nitrogens is 1. The number of hydrogen-bond donors (Lipinski definition) is 2. The highest BCUT2D eigenvalue weighted by atomic mass is 16.5. The summed E-state index contributed by atoms with van der Waals surface area (Å²) in [6.45, 7) is 0. The Hall–Kier alpha value is -2.82. The van der Waals surface area contributed by atoms with Crippen molar-refractivity contribution in [2.75, 3.05) is 7.11 Å². The highest BCUT2D eigenvalue weighted by Gasteiger charge is 2.24. The van der Waals surface area contributed by atoms with Gasteiger partial charge in [-0.3, -0.25) is 9.78 Å². The molecule has 1 atom stereocenters. The third-order valence-corrected chi connectivity index (χ3v) is 4.65. The van der Waals surface area contributed by atoms with E-state index in [9.17, 15) is 4.79 Å². The van der Waals surface area contributed by atoms with E-state index in [1.165, 1.54) is 16.6 Å². The molecule has 3 aromatic rings. The Kier molecular flexibility index (Phi) is 3.69. The van der Waals surface area contributed by atoms with Gasteiger partial charge in [-0.2, -0.15) is 0 Å². The first-order chi connectivity index (χ1) is 11.7. The molecule has 0 spiro atoms. The lowest BCUT2D eigenvalue weighted by atomic mass is 9.91. The van der Waals surface area contributed by atoms with Gasteiger partial charge in [0.05, 0.1) is 12.7 Å². The molecule has 122 valence electrons. The summed E-state index contributed by atoms with van der Waals surface area (Å²) < 4.78 is 5.34. The molecule has 4 rings (SSSR count). The number of nitrogens with zero attached hydrogens (tertiary/aromatic N) is 1. The Labute approximate surface area is 140 Å². The highest BCUT2D eigenvalue weighted by molar-refractivity contribution is 5.94. The fourth-order valence-electron chi connectivity index (χ4n) is 3.41. The SMILES string of the molecule is COc1ccc2[nH]c3c(c2c1)CC(NC(=O)c1cccnc1)CC3. The third-order valence-electron chi connectivity index (χ3n) is 4.65. The van der Waals surface area contributed by atoms with Crippen LogP contribution in [-0.2, 0) is 12.8 Å². The number of ether oxygens (including phenoxy) is 1. The summed E-state index contributed by atoms with van der Waals surface area (Å²) in [6, 6.07) is 9.78. The van der Waals surface area contributed by atoms with Gasteiger partial charge in [0, 0.05) is 35.0 Å². The maximum atomic E-state index is 12.3. The molecule has 0 aliphatic heterocycles. The molecule has 1 aliphatic rings. The summed E-state index contributed by atoms with van der Waals surface area (Å²) >= 11 is 0. The number of amides is 1. The summed E-state index contributed by atoms with van der Waals surface area (Å²) in [7, 11) is 1.68. The Morgan fingerprint density at radius 2 is 2.29 bits per heavy atom. The molecule has 0 fully saturated rings. The molecule has 1 unspecified atom stereocenters. The van der Waals surface area contributed by atoms with E-state index in [0.717, 1.165) is 30.5 Å². The molecule has 5 heteroatoms. The van der Waals surface area contributed by atoms with Gasteiger partial charge in [0.15, 0.2) is 0 Å². The Morgan fingerprint density at radius 1 is 1.38 bits per heavy atom. The van der Waals surface area contributed by atoms with Gasteiger partial charge in [-0.05, 0) is 55.2 Å². The normalized spacial score (nSPS) is 16.6. The van der Waals surface area contributed by atoms with Crippen molar-refractivity contribution in [2.24, 2.45) is 0 Å². The second kappa shape index (κ2) is 6.00. The minimum absolute atomic E-state index is 0.0611. The molecule has 0 radical (unpaired) electrons. The van der Waals surface area contributed by atoms with Crippen molar-refractivity contribution in [2.45, 2.75) is 25.3 Å². The summed E-state index contributed by atoms with van der Waals surface area (Å²) in [5.41, 5.74) is 4.28. The number of aromatic nitrogens is 2. The zero-order valence-corrected chi connectivity index (χ0v) is 13.5. The van der Waals surface area contributed by atoms with Crippen LogP contribution in [0, 0.1) is 0 Å². The van der Waals surface area contributed by atoms with Crippen molar-refractivity contribution < 1.29 is 9.53 Å². The lowest BCUT2D eigenvalue weighted by Gasteiger charge is -2.23. The monoisotopic (exact) mass is 321 g/mol.